The largest absolute Gasteiger partial charge is 0.673 e. The number of halogens is 8. The van der Waals surface area contributed by atoms with Gasteiger partial charge in [0.1, 0.15) is 7.05 Å². The molecule has 2 nitrogen and oxygen atoms in total. The van der Waals surface area contributed by atoms with E-state index in [1.54, 1.807) is 0 Å². The Labute approximate surface area is 177 Å². The minimum atomic E-state index is -6.00. The second-order valence-corrected chi connectivity index (χ2v) is 8.82. The summed E-state index contributed by atoms with van der Waals surface area (Å²) in [6.07, 6.45) is 4.15. The highest BCUT2D eigenvalue weighted by atomic mass is 19.5. The zero-order valence-corrected chi connectivity index (χ0v) is 18.5. The van der Waals surface area contributed by atoms with Crippen LogP contribution in [0.15, 0.2) is 41.1 Å². The highest BCUT2D eigenvalue weighted by Crippen LogP contribution is 2.33. The molecule has 0 amide bonds. The van der Waals surface area contributed by atoms with Gasteiger partial charge in [-0.1, -0.05) is 0 Å². The van der Waals surface area contributed by atoms with Crippen LogP contribution in [0.5, 0.6) is 0 Å². The fraction of sp³-hybridized carbons (Fsp3) is 0.474. The standard InChI is InChI=1S/C19H27NO.2BF4/c1-18(2,3)16-12-15(13-17(21-16)19(4,5)6)14-8-10-20(7)11-9-14;2*2-1(3,4)5/h8-13H,1-7H3;;/q+2;2*-1. The number of rotatable bonds is 1. The predicted octanol–water partition coefficient (Wildman–Crippen LogP) is 7.25. The molecular formula is C19H27B2F8NO. The van der Waals surface area contributed by atoms with Crippen LogP contribution in [-0.2, 0) is 17.9 Å². The van der Waals surface area contributed by atoms with Crippen LogP contribution in [0, 0.1) is 0 Å². The molecule has 0 aromatic carbocycles. The molecule has 0 saturated heterocycles. The fourth-order valence-corrected chi connectivity index (χ4v) is 2.10. The summed E-state index contributed by atoms with van der Waals surface area (Å²) in [5.74, 6) is 2.05. The van der Waals surface area contributed by atoms with Crippen LogP contribution in [0.4, 0.5) is 34.5 Å². The normalized spacial score (nSPS) is 12.4. The molecule has 0 unspecified atom stereocenters. The molecule has 0 fully saturated rings. The summed E-state index contributed by atoms with van der Waals surface area (Å²) in [6.45, 7) is 13.1. The van der Waals surface area contributed by atoms with Crippen molar-refractivity contribution in [3.8, 4) is 11.1 Å². The molecule has 2 heterocycles. The Hall–Kier alpha value is -2.13. The van der Waals surface area contributed by atoms with E-state index in [0.29, 0.717) is 0 Å². The Morgan fingerprint density at radius 2 is 0.935 bits per heavy atom. The molecule has 2 rings (SSSR count). The topological polar surface area (TPSA) is 15.2 Å². The Kier molecular flexibility index (Phi) is 9.74. The molecule has 12 heteroatoms. The second kappa shape index (κ2) is 10.5. The van der Waals surface area contributed by atoms with Gasteiger partial charge in [-0.2, -0.15) is 0 Å². The van der Waals surface area contributed by atoms with Crippen LogP contribution < -0.4 is 4.57 Å². The van der Waals surface area contributed by atoms with E-state index < -0.39 is 14.5 Å². The number of aromatic nitrogens is 1. The minimum absolute atomic E-state index is 0.00451. The van der Waals surface area contributed by atoms with E-state index >= 15 is 0 Å². The SMILES string of the molecule is C[n+]1ccc(-c2cc(C(C)(C)C)[o+]c(C(C)(C)C)c2)cc1.F[B-](F)(F)F.F[B-](F)(F)F. The van der Waals surface area contributed by atoms with Crippen molar-refractivity contribution in [1.82, 2.24) is 0 Å². The highest BCUT2D eigenvalue weighted by molar-refractivity contribution is 6.50. The van der Waals surface area contributed by atoms with Gasteiger partial charge in [0.25, 0.3) is 0 Å². The van der Waals surface area contributed by atoms with Crippen LogP contribution in [0.2, 0.25) is 0 Å². The van der Waals surface area contributed by atoms with Crippen LogP contribution in [0.1, 0.15) is 53.1 Å². The van der Waals surface area contributed by atoms with Crippen molar-refractivity contribution in [2.24, 2.45) is 7.05 Å². The first-order valence-corrected chi connectivity index (χ1v) is 9.27. The molecule has 0 radical (unpaired) electrons. The maximum Gasteiger partial charge on any atom is 0.673 e. The van der Waals surface area contributed by atoms with Crippen molar-refractivity contribution < 1.29 is 43.5 Å². The average Bonchev–Trinajstić information content (AvgIpc) is 2.50. The summed E-state index contributed by atoms with van der Waals surface area (Å²) < 4.78 is 86.2. The summed E-state index contributed by atoms with van der Waals surface area (Å²) in [6, 6.07) is 8.64. The molecule has 31 heavy (non-hydrogen) atoms. The lowest BCUT2D eigenvalue weighted by molar-refractivity contribution is -0.671. The molecule has 2 aromatic heterocycles. The molecule has 0 spiro atoms. The predicted molar refractivity (Wildman–Crippen MR) is 107 cm³/mol. The molecule has 0 atom stereocenters. The lowest BCUT2D eigenvalue weighted by atomic mass is 9.87. The van der Waals surface area contributed by atoms with Crippen molar-refractivity contribution in [3.05, 3.63) is 48.2 Å². The third-order valence-corrected chi connectivity index (χ3v) is 3.58. The van der Waals surface area contributed by atoms with Crippen LogP contribution in [0.25, 0.3) is 11.1 Å². The maximum absolute atomic E-state index is 9.75. The molecule has 0 aliphatic heterocycles. The average molecular weight is 459 g/mol. The van der Waals surface area contributed by atoms with E-state index in [-0.39, 0.29) is 10.8 Å². The van der Waals surface area contributed by atoms with Crippen LogP contribution in [0.3, 0.4) is 0 Å². The van der Waals surface area contributed by atoms with E-state index in [9.17, 15) is 34.5 Å². The van der Waals surface area contributed by atoms with Crippen LogP contribution >= 0.6 is 0 Å². The first kappa shape index (κ1) is 28.9. The number of hydrogen-bond donors (Lipinski definition) is 0. The van der Waals surface area contributed by atoms with Crippen molar-refractivity contribution in [2.75, 3.05) is 0 Å². The van der Waals surface area contributed by atoms with Gasteiger partial charge in [0.2, 0.25) is 0 Å². The van der Waals surface area contributed by atoms with Gasteiger partial charge < -0.3 is 34.5 Å². The van der Waals surface area contributed by atoms with Gasteiger partial charge in [-0.25, -0.2) is 8.98 Å². The number of pyridine rings is 1. The van der Waals surface area contributed by atoms with Crippen molar-refractivity contribution in [1.29, 1.82) is 0 Å². The molecule has 0 saturated carbocycles. The first-order valence-electron chi connectivity index (χ1n) is 9.27. The smallest absolute Gasteiger partial charge is 0.418 e. The molecule has 176 valence electrons. The Morgan fingerprint density at radius 1 is 0.645 bits per heavy atom. The Bertz CT molecular complexity index is 767. The fourth-order valence-electron chi connectivity index (χ4n) is 2.10. The molecule has 2 aromatic rings. The van der Waals surface area contributed by atoms with E-state index in [2.05, 4.69) is 78.2 Å². The van der Waals surface area contributed by atoms with Gasteiger partial charge in [-0.15, -0.1) is 0 Å². The Morgan fingerprint density at radius 3 is 1.19 bits per heavy atom. The van der Waals surface area contributed by atoms with Crippen molar-refractivity contribution in [2.45, 2.75) is 52.4 Å². The van der Waals surface area contributed by atoms with E-state index in [1.807, 2.05) is 11.6 Å². The van der Waals surface area contributed by atoms with Gasteiger partial charge in [0.05, 0.1) is 10.8 Å². The van der Waals surface area contributed by atoms with E-state index in [0.717, 1.165) is 11.5 Å². The zero-order chi connectivity index (χ0) is 24.8. The maximum atomic E-state index is 9.75. The molecule has 0 aliphatic rings. The summed E-state index contributed by atoms with van der Waals surface area (Å²) in [7, 11) is -9.97. The van der Waals surface area contributed by atoms with Gasteiger partial charge in [0, 0.05) is 29.8 Å². The van der Waals surface area contributed by atoms with Gasteiger partial charge in [-0.3, -0.25) is 0 Å². The lowest BCUT2D eigenvalue weighted by Gasteiger charge is -2.15. The first-order chi connectivity index (χ1) is 13.6. The van der Waals surface area contributed by atoms with Gasteiger partial charge in [-0.05, 0) is 47.1 Å². The number of nitrogens with zero attached hydrogens (tertiary/aromatic N) is 1. The monoisotopic (exact) mass is 459 g/mol. The summed E-state index contributed by atoms with van der Waals surface area (Å²) in [4.78, 5) is 0. The summed E-state index contributed by atoms with van der Waals surface area (Å²) in [5.41, 5.74) is 2.43. The second-order valence-electron chi connectivity index (χ2n) is 8.82. The van der Waals surface area contributed by atoms with E-state index in [4.69, 9.17) is 4.42 Å². The molecular weight excluding hydrogens is 432 g/mol. The molecule has 0 N–H and O–H groups in total. The van der Waals surface area contributed by atoms with E-state index in [1.165, 1.54) is 11.1 Å². The third kappa shape index (κ3) is 14.5. The number of hydrogen-bond acceptors (Lipinski definition) is 0. The highest BCUT2D eigenvalue weighted by Gasteiger charge is 2.34. The summed E-state index contributed by atoms with van der Waals surface area (Å²) >= 11 is 0. The van der Waals surface area contributed by atoms with Crippen LogP contribution in [-0.4, -0.2) is 14.5 Å². The van der Waals surface area contributed by atoms with Crippen molar-refractivity contribution in [3.63, 3.8) is 0 Å². The molecule has 0 bridgehead atoms. The number of aryl methyl sites for hydroxylation is 1. The lowest BCUT2D eigenvalue weighted by Crippen LogP contribution is -2.25. The third-order valence-electron chi connectivity index (χ3n) is 3.58. The quantitative estimate of drug-likeness (QED) is 0.190. The Balaban J connectivity index is 0.000000752. The van der Waals surface area contributed by atoms with Gasteiger partial charge in [0.15, 0.2) is 12.4 Å². The van der Waals surface area contributed by atoms with Crippen molar-refractivity contribution >= 4 is 14.5 Å². The summed E-state index contributed by atoms with van der Waals surface area (Å²) in [5, 5.41) is 0. The van der Waals surface area contributed by atoms with Gasteiger partial charge >= 0.3 is 26.0 Å². The minimum Gasteiger partial charge on any atom is -0.418 e. The molecule has 0 aliphatic carbocycles. The zero-order valence-electron chi connectivity index (χ0n) is 18.5.